The predicted molar refractivity (Wildman–Crippen MR) is 164 cm³/mol. The lowest BCUT2D eigenvalue weighted by Gasteiger charge is -2.58. The fourth-order valence-corrected chi connectivity index (χ4v) is 11.1. The maximum atomic E-state index is 12.3. The average molecular weight is 609 g/mol. The van der Waals surface area contributed by atoms with Gasteiger partial charge in [-0.05, 0) is 104 Å². The highest BCUT2D eigenvalue weighted by Crippen LogP contribution is 2.68. The molecule has 1 aliphatic heterocycles. The van der Waals surface area contributed by atoms with Crippen LogP contribution in [0.4, 0.5) is 0 Å². The normalized spacial score (nSPS) is 50.3. The summed E-state index contributed by atoms with van der Waals surface area (Å²) < 4.78 is 12.5. The number of allylic oxidation sites excluding steroid dienone is 1. The van der Waals surface area contributed by atoms with Gasteiger partial charge in [0.1, 0.15) is 18.3 Å². The molecule has 8 nitrogen and oxygen atoms in total. The van der Waals surface area contributed by atoms with Gasteiger partial charge in [0.2, 0.25) is 0 Å². The van der Waals surface area contributed by atoms with Gasteiger partial charge in [-0.15, -0.1) is 0 Å². The van der Waals surface area contributed by atoms with Crippen LogP contribution in [0.2, 0.25) is 0 Å². The first-order valence-corrected chi connectivity index (χ1v) is 17.2. The molecule has 0 aromatic heterocycles. The predicted octanol–water partition coefficient (Wildman–Crippen LogP) is 3.79. The molecule has 43 heavy (non-hydrogen) atoms. The summed E-state index contributed by atoms with van der Waals surface area (Å²) in [5.74, 6) is 1.08. The van der Waals surface area contributed by atoms with Gasteiger partial charge in [-0.25, -0.2) is 0 Å². The second-order valence-electron chi connectivity index (χ2n) is 16.0. The van der Waals surface area contributed by atoms with Crippen molar-refractivity contribution in [2.45, 2.75) is 155 Å². The van der Waals surface area contributed by atoms with Crippen LogP contribution in [0.25, 0.3) is 0 Å². The minimum atomic E-state index is -1.44. The van der Waals surface area contributed by atoms with Crippen molar-refractivity contribution in [1.82, 2.24) is 0 Å². The first-order chi connectivity index (χ1) is 20.1. The summed E-state index contributed by atoms with van der Waals surface area (Å²) in [5, 5.41) is 65.9. The average Bonchev–Trinajstić information content (AvgIpc) is 3.16. The molecule has 0 unspecified atom stereocenters. The largest absolute Gasteiger partial charge is 0.393 e. The minimum Gasteiger partial charge on any atom is -0.393 e. The lowest BCUT2D eigenvalue weighted by molar-refractivity contribution is -0.314. The molecule has 1 heterocycles. The van der Waals surface area contributed by atoms with Gasteiger partial charge in [-0.3, -0.25) is 0 Å². The van der Waals surface area contributed by atoms with Gasteiger partial charge in [0.15, 0.2) is 6.29 Å². The van der Waals surface area contributed by atoms with Crippen molar-refractivity contribution in [2.75, 3.05) is 0 Å². The van der Waals surface area contributed by atoms with E-state index < -0.39 is 49.0 Å². The van der Waals surface area contributed by atoms with Crippen LogP contribution in [0.1, 0.15) is 99.8 Å². The van der Waals surface area contributed by atoms with Gasteiger partial charge in [0.05, 0.1) is 30.5 Å². The van der Waals surface area contributed by atoms with Gasteiger partial charge >= 0.3 is 0 Å². The van der Waals surface area contributed by atoms with E-state index >= 15 is 0 Å². The Balaban J connectivity index is 1.49. The number of fused-ring (bicyclic) bond motifs is 5. The van der Waals surface area contributed by atoms with Crippen LogP contribution in [0.5, 0.6) is 0 Å². The third kappa shape index (κ3) is 5.68. The maximum absolute atomic E-state index is 12.3. The molecule has 8 heteroatoms. The molecule has 0 bridgehead atoms. The van der Waals surface area contributed by atoms with Crippen molar-refractivity contribution in [3.05, 3.63) is 11.6 Å². The Bertz CT molecular complexity index is 1000. The van der Waals surface area contributed by atoms with Crippen LogP contribution in [0, 0.1) is 52.3 Å². The monoisotopic (exact) mass is 608 g/mol. The Morgan fingerprint density at radius 3 is 2.33 bits per heavy atom. The summed E-state index contributed by atoms with van der Waals surface area (Å²) in [7, 11) is 0. The summed E-state index contributed by atoms with van der Waals surface area (Å²) in [4.78, 5) is 0. The Morgan fingerprint density at radius 2 is 1.67 bits per heavy atom. The fraction of sp³-hybridized carbons (Fsp3) is 0.943. The molecule has 5 rings (SSSR count). The smallest absolute Gasteiger partial charge is 0.186 e. The van der Waals surface area contributed by atoms with Crippen LogP contribution in [0.3, 0.4) is 0 Å². The van der Waals surface area contributed by atoms with E-state index in [1.807, 2.05) is 0 Å². The van der Waals surface area contributed by atoms with Crippen LogP contribution in [-0.4, -0.2) is 85.8 Å². The van der Waals surface area contributed by atoms with E-state index in [2.05, 4.69) is 47.6 Å². The number of hydrogen-bond acceptors (Lipinski definition) is 8. The molecule has 4 fully saturated rings. The van der Waals surface area contributed by atoms with Gasteiger partial charge in [0, 0.05) is 0 Å². The van der Waals surface area contributed by atoms with Crippen molar-refractivity contribution in [3.63, 3.8) is 0 Å². The van der Waals surface area contributed by atoms with Crippen molar-refractivity contribution >= 4 is 0 Å². The molecular formula is C35H60O8. The third-order valence-electron chi connectivity index (χ3n) is 13.3. The maximum Gasteiger partial charge on any atom is 0.186 e. The lowest BCUT2D eigenvalue weighted by Crippen LogP contribution is -2.58. The quantitative estimate of drug-likeness (QED) is 0.229. The van der Waals surface area contributed by atoms with Crippen LogP contribution >= 0.6 is 0 Å². The van der Waals surface area contributed by atoms with E-state index in [0.717, 1.165) is 44.9 Å². The van der Waals surface area contributed by atoms with Crippen molar-refractivity contribution in [2.24, 2.45) is 52.3 Å². The summed E-state index contributed by atoms with van der Waals surface area (Å²) in [6.45, 7) is 14.9. The summed E-state index contributed by atoms with van der Waals surface area (Å²) >= 11 is 0. The van der Waals surface area contributed by atoms with Gasteiger partial charge in [0.25, 0.3) is 0 Å². The first-order valence-electron chi connectivity index (χ1n) is 17.2. The highest BCUT2D eigenvalue weighted by atomic mass is 16.7. The van der Waals surface area contributed by atoms with E-state index in [1.54, 1.807) is 6.92 Å². The molecule has 5 aliphatic rings. The van der Waals surface area contributed by atoms with Gasteiger partial charge < -0.3 is 40.1 Å². The lowest BCUT2D eigenvalue weighted by atomic mass is 9.46. The molecule has 6 N–H and O–H groups in total. The molecule has 1 saturated heterocycles. The minimum absolute atomic E-state index is 0.0173. The molecule has 0 aromatic carbocycles. The first kappa shape index (κ1) is 33.8. The van der Waals surface area contributed by atoms with E-state index in [1.165, 1.54) is 5.57 Å². The molecule has 248 valence electrons. The number of ether oxygens (including phenoxy) is 2. The second-order valence-corrected chi connectivity index (χ2v) is 16.0. The zero-order valence-electron chi connectivity index (χ0n) is 27.5. The zero-order valence-corrected chi connectivity index (χ0v) is 27.5. The number of aliphatic hydroxyl groups excluding tert-OH is 6. The topological polar surface area (TPSA) is 140 Å². The SMILES string of the molecule is CC[C@@H](C(C)C)[C@H](O)C[C@@H](C)[C@H]1[C@@H](O[C@H]2O[C@H](C)[C@@H](O)[C@H](O)[C@@H]2O)[C@@H](O)[C@H]2[C@@H]3CC=C4C[C@@H](O)CC[C@]4(C)[C@H]3CC[C@]12C. The van der Waals surface area contributed by atoms with Crippen molar-refractivity contribution in [1.29, 1.82) is 0 Å². The Morgan fingerprint density at radius 1 is 0.977 bits per heavy atom. The van der Waals surface area contributed by atoms with Crippen molar-refractivity contribution in [3.8, 4) is 0 Å². The molecule has 0 aromatic rings. The third-order valence-corrected chi connectivity index (χ3v) is 13.3. The Kier molecular flexibility index (Phi) is 9.86. The van der Waals surface area contributed by atoms with E-state index in [4.69, 9.17) is 9.47 Å². The molecule has 4 aliphatic carbocycles. The highest BCUT2D eigenvalue weighted by Gasteiger charge is 2.66. The number of aliphatic hydroxyl groups is 6. The zero-order chi connectivity index (χ0) is 31.6. The molecular weight excluding hydrogens is 548 g/mol. The Labute approximate surface area is 258 Å². The second kappa shape index (κ2) is 12.6. The molecule has 3 saturated carbocycles. The molecule has 0 radical (unpaired) electrons. The van der Waals surface area contributed by atoms with E-state index in [-0.39, 0.29) is 46.5 Å². The fourth-order valence-electron chi connectivity index (χ4n) is 11.1. The Hall–Kier alpha value is -0.580. The molecule has 0 amide bonds. The number of hydrogen-bond donors (Lipinski definition) is 6. The van der Waals surface area contributed by atoms with Gasteiger partial charge in [-0.1, -0.05) is 59.6 Å². The number of rotatable bonds is 8. The van der Waals surface area contributed by atoms with Crippen LogP contribution < -0.4 is 0 Å². The van der Waals surface area contributed by atoms with Crippen molar-refractivity contribution < 1.29 is 40.1 Å². The molecule has 0 spiro atoms. The van der Waals surface area contributed by atoms with Crippen LogP contribution in [-0.2, 0) is 9.47 Å². The summed E-state index contributed by atoms with van der Waals surface area (Å²) in [6.07, 6.45) is 0.977. The van der Waals surface area contributed by atoms with Crippen LogP contribution in [0.15, 0.2) is 11.6 Å². The summed E-state index contributed by atoms with van der Waals surface area (Å²) in [5.41, 5.74) is 1.14. The van der Waals surface area contributed by atoms with Gasteiger partial charge in [-0.2, -0.15) is 0 Å². The standard InChI is InChI=1S/C35H60O8/c1-8-22(17(2)3)25(37)15-18(4)26-32(43-33-31(41)30(40)28(38)19(5)42-33)29(39)27-23-10-9-20-16-21(36)11-13-34(20,6)24(23)12-14-35(26,27)7/h9,17-19,21-33,36-41H,8,10-16H2,1-7H3/t18-,19-,21+,22+,23-,24+,25-,26+,27-,28-,29+,30+,31+,32-,33-,34+,35-/m1/s1. The summed E-state index contributed by atoms with van der Waals surface area (Å²) in [6, 6.07) is 0. The molecule has 17 atom stereocenters. The highest BCUT2D eigenvalue weighted by molar-refractivity contribution is 5.26. The van der Waals surface area contributed by atoms with E-state index in [9.17, 15) is 30.6 Å². The van der Waals surface area contributed by atoms with E-state index in [0.29, 0.717) is 18.3 Å².